The molecule has 2 rings (SSSR count). The maximum absolute atomic E-state index is 12.4. The topological polar surface area (TPSA) is 64.6 Å². The average molecular weight is 369 g/mol. The highest BCUT2D eigenvalue weighted by Crippen LogP contribution is 2.20. The normalized spacial score (nSPS) is 11.8. The third-order valence-electron chi connectivity index (χ3n) is 4.17. The van der Waals surface area contributed by atoms with E-state index in [-0.39, 0.29) is 11.8 Å². The minimum atomic E-state index is -0.710. The number of aryl methyl sites for hydroxylation is 1. The number of amides is 1. The van der Waals surface area contributed by atoms with Crippen molar-refractivity contribution in [3.63, 3.8) is 0 Å². The van der Waals surface area contributed by atoms with E-state index < -0.39 is 12.1 Å². The van der Waals surface area contributed by atoms with Crippen LogP contribution in [0.1, 0.15) is 42.3 Å². The molecular formula is C22H27NO4. The summed E-state index contributed by atoms with van der Waals surface area (Å²) in [6.45, 7) is 9.93. The van der Waals surface area contributed by atoms with Crippen LogP contribution in [0.5, 0.6) is 5.75 Å². The molecule has 1 amide bonds. The Morgan fingerprint density at radius 3 is 2.30 bits per heavy atom. The van der Waals surface area contributed by atoms with Crippen LogP contribution in [0.2, 0.25) is 0 Å². The van der Waals surface area contributed by atoms with Gasteiger partial charge in [-0.25, -0.2) is 4.79 Å². The Morgan fingerprint density at radius 1 is 1.00 bits per heavy atom. The van der Waals surface area contributed by atoms with Crippen molar-refractivity contribution in [1.29, 1.82) is 0 Å². The predicted molar refractivity (Wildman–Crippen MR) is 106 cm³/mol. The molecule has 0 radical (unpaired) electrons. The van der Waals surface area contributed by atoms with Gasteiger partial charge in [0, 0.05) is 11.3 Å². The minimum absolute atomic E-state index is 0.195. The van der Waals surface area contributed by atoms with Crippen molar-refractivity contribution < 1.29 is 19.1 Å². The van der Waals surface area contributed by atoms with Gasteiger partial charge in [0.25, 0.3) is 5.91 Å². The molecule has 2 aromatic carbocycles. The van der Waals surface area contributed by atoms with Gasteiger partial charge in [-0.2, -0.15) is 0 Å². The highest BCUT2D eigenvalue weighted by molar-refractivity contribution is 6.04. The lowest BCUT2D eigenvalue weighted by molar-refractivity contribution is -0.152. The molecule has 2 aromatic rings. The fourth-order valence-corrected chi connectivity index (χ4v) is 2.38. The molecule has 0 spiro atoms. The first kappa shape index (κ1) is 20.5. The Labute approximate surface area is 160 Å². The summed E-state index contributed by atoms with van der Waals surface area (Å²) in [6.07, 6.45) is -0.710. The average Bonchev–Trinajstić information content (AvgIpc) is 2.63. The first-order valence-corrected chi connectivity index (χ1v) is 9.09. The predicted octanol–water partition coefficient (Wildman–Crippen LogP) is 4.52. The summed E-state index contributed by atoms with van der Waals surface area (Å²) in [5.74, 6) is 0.184. The van der Waals surface area contributed by atoms with E-state index in [0.29, 0.717) is 17.9 Å². The number of carbonyl (C=O) groups excluding carboxylic acids is 2. The quantitative estimate of drug-likeness (QED) is 0.729. The lowest BCUT2D eigenvalue weighted by Gasteiger charge is -2.15. The van der Waals surface area contributed by atoms with Crippen molar-refractivity contribution in [2.75, 3.05) is 11.9 Å². The highest BCUT2D eigenvalue weighted by Gasteiger charge is 2.17. The van der Waals surface area contributed by atoms with E-state index >= 15 is 0 Å². The van der Waals surface area contributed by atoms with Gasteiger partial charge in [0.1, 0.15) is 5.75 Å². The number of benzene rings is 2. The van der Waals surface area contributed by atoms with Crippen molar-refractivity contribution >= 4 is 17.6 Å². The molecule has 0 fully saturated rings. The van der Waals surface area contributed by atoms with Gasteiger partial charge in [0.15, 0.2) is 6.10 Å². The molecular weight excluding hydrogens is 342 g/mol. The maximum Gasteiger partial charge on any atom is 0.347 e. The molecule has 0 saturated heterocycles. The molecule has 0 heterocycles. The van der Waals surface area contributed by atoms with Gasteiger partial charge in [-0.1, -0.05) is 26.0 Å². The number of rotatable bonds is 7. The third-order valence-corrected chi connectivity index (χ3v) is 4.17. The van der Waals surface area contributed by atoms with Crippen LogP contribution in [0.25, 0.3) is 0 Å². The van der Waals surface area contributed by atoms with Crippen molar-refractivity contribution in [3.8, 4) is 5.75 Å². The summed E-state index contributed by atoms with van der Waals surface area (Å²) < 4.78 is 10.7. The number of hydrogen-bond acceptors (Lipinski definition) is 4. The van der Waals surface area contributed by atoms with Crippen molar-refractivity contribution in [1.82, 2.24) is 0 Å². The molecule has 1 atom stereocenters. The zero-order valence-electron chi connectivity index (χ0n) is 16.5. The summed E-state index contributed by atoms with van der Waals surface area (Å²) in [7, 11) is 0. The number of esters is 1. The fourth-order valence-electron chi connectivity index (χ4n) is 2.38. The van der Waals surface area contributed by atoms with E-state index in [1.54, 1.807) is 31.2 Å². The van der Waals surface area contributed by atoms with E-state index in [1.807, 2.05) is 45.9 Å². The number of nitrogens with one attached hydrogen (secondary N) is 1. The molecule has 0 aliphatic heterocycles. The van der Waals surface area contributed by atoms with Gasteiger partial charge >= 0.3 is 5.97 Å². The van der Waals surface area contributed by atoms with E-state index in [2.05, 4.69) is 5.32 Å². The van der Waals surface area contributed by atoms with Crippen LogP contribution in [0.4, 0.5) is 5.69 Å². The summed E-state index contributed by atoms with van der Waals surface area (Å²) in [6, 6.07) is 12.5. The molecule has 144 valence electrons. The zero-order valence-corrected chi connectivity index (χ0v) is 16.5. The SMILES string of the molecule is Cc1cccc(NC(=O)c2ccc(O[C@@H](C)C(=O)OCC(C)C)cc2)c1C. The van der Waals surface area contributed by atoms with Gasteiger partial charge in [-0.15, -0.1) is 0 Å². The maximum atomic E-state index is 12.4. The van der Waals surface area contributed by atoms with Crippen LogP contribution >= 0.6 is 0 Å². The Kier molecular flexibility index (Phi) is 6.99. The summed E-state index contributed by atoms with van der Waals surface area (Å²) in [5, 5.41) is 2.92. The zero-order chi connectivity index (χ0) is 20.0. The molecule has 0 aromatic heterocycles. The van der Waals surface area contributed by atoms with E-state index in [0.717, 1.165) is 16.8 Å². The smallest absolute Gasteiger partial charge is 0.347 e. The monoisotopic (exact) mass is 369 g/mol. The first-order chi connectivity index (χ1) is 12.8. The van der Waals surface area contributed by atoms with E-state index in [1.165, 1.54) is 0 Å². The second kappa shape index (κ2) is 9.21. The number of ether oxygens (including phenoxy) is 2. The summed E-state index contributed by atoms with van der Waals surface area (Å²) in [5.41, 5.74) is 3.47. The Morgan fingerprint density at radius 2 is 1.67 bits per heavy atom. The van der Waals surface area contributed by atoms with Gasteiger partial charge in [-0.3, -0.25) is 4.79 Å². The minimum Gasteiger partial charge on any atom is -0.479 e. The van der Waals surface area contributed by atoms with Crippen LogP contribution in [-0.4, -0.2) is 24.6 Å². The van der Waals surface area contributed by atoms with E-state index in [9.17, 15) is 9.59 Å². The van der Waals surface area contributed by atoms with Gasteiger partial charge in [-0.05, 0) is 68.1 Å². The molecule has 5 heteroatoms. The number of carbonyl (C=O) groups is 2. The molecule has 0 bridgehead atoms. The molecule has 0 aliphatic rings. The Hall–Kier alpha value is -2.82. The van der Waals surface area contributed by atoms with Crippen molar-refractivity contribution in [3.05, 3.63) is 59.2 Å². The second-order valence-corrected chi connectivity index (χ2v) is 7.01. The van der Waals surface area contributed by atoms with Crippen LogP contribution in [0, 0.1) is 19.8 Å². The summed E-state index contributed by atoms with van der Waals surface area (Å²) in [4.78, 5) is 24.3. The highest BCUT2D eigenvalue weighted by atomic mass is 16.6. The lowest BCUT2D eigenvalue weighted by atomic mass is 10.1. The fraction of sp³-hybridized carbons (Fsp3) is 0.364. The van der Waals surface area contributed by atoms with Crippen LogP contribution in [0.3, 0.4) is 0 Å². The van der Waals surface area contributed by atoms with Crippen molar-refractivity contribution in [2.45, 2.75) is 40.7 Å². The molecule has 1 N–H and O–H groups in total. The van der Waals surface area contributed by atoms with Crippen LogP contribution in [-0.2, 0) is 9.53 Å². The Bertz CT molecular complexity index is 796. The van der Waals surface area contributed by atoms with Gasteiger partial charge in [0.05, 0.1) is 6.61 Å². The molecule has 0 unspecified atom stereocenters. The van der Waals surface area contributed by atoms with Crippen molar-refractivity contribution in [2.24, 2.45) is 5.92 Å². The summed E-state index contributed by atoms with van der Waals surface area (Å²) >= 11 is 0. The second-order valence-electron chi connectivity index (χ2n) is 7.01. The van der Waals surface area contributed by atoms with Crippen LogP contribution < -0.4 is 10.1 Å². The molecule has 27 heavy (non-hydrogen) atoms. The third kappa shape index (κ3) is 5.84. The Balaban J connectivity index is 1.97. The first-order valence-electron chi connectivity index (χ1n) is 9.09. The van der Waals surface area contributed by atoms with E-state index in [4.69, 9.17) is 9.47 Å². The van der Waals surface area contributed by atoms with Crippen LogP contribution in [0.15, 0.2) is 42.5 Å². The van der Waals surface area contributed by atoms with Gasteiger partial charge in [0.2, 0.25) is 0 Å². The number of anilines is 1. The molecule has 0 aliphatic carbocycles. The lowest BCUT2D eigenvalue weighted by Crippen LogP contribution is -2.27. The standard InChI is InChI=1S/C22H27NO4/c1-14(2)13-26-22(25)17(5)27-19-11-9-18(10-12-19)21(24)23-20-8-6-7-15(3)16(20)4/h6-12,14,17H,13H2,1-5H3,(H,23,24)/t17-/m0/s1. The largest absolute Gasteiger partial charge is 0.479 e. The molecule has 5 nitrogen and oxygen atoms in total. The van der Waals surface area contributed by atoms with Gasteiger partial charge < -0.3 is 14.8 Å². The number of hydrogen-bond donors (Lipinski definition) is 1. The molecule has 0 saturated carbocycles.